The Balaban J connectivity index is 1.64. The Morgan fingerprint density at radius 2 is 1.89 bits per heavy atom. The summed E-state index contributed by atoms with van der Waals surface area (Å²) in [7, 11) is 0. The van der Waals surface area contributed by atoms with Crippen LogP contribution in [0.2, 0.25) is 0 Å². The number of hydrogen-bond acceptors (Lipinski definition) is 4. The summed E-state index contributed by atoms with van der Waals surface area (Å²) in [6.45, 7) is 6.93. The topological polar surface area (TPSA) is 73.9 Å². The number of anilines is 1. The van der Waals surface area contributed by atoms with Crippen LogP contribution in [0, 0.1) is 0 Å². The highest BCUT2D eigenvalue weighted by atomic mass is 16.1. The molecule has 6 heteroatoms. The third-order valence-electron chi connectivity index (χ3n) is 4.99. The Bertz CT molecular complexity index is 957. The average Bonchev–Trinajstić information content (AvgIpc) is 3.15. The Morgan fingerprint density at radius 1 is 1.11 bits per heavy atom. The molecule has 0 saturated carbocycles. The number of aromatic amines is 1. The molecule has 0 saturated heterocycles. The molecule has 0 fully saturated rings. The van der Waals surface area contributed by atoms with E-state index >= 15 is 0 Å². The number of aromatic nitrogens is 3. The second-order valence-corrected chi connectivity index (χ2v) is 6.57. The molecule has 0 aliphatic carbocycles. The molecule has 4 rings (SSSR count). The van der Waals surface area contributed by atoms with Gasteiger partial charge < -0.3 is 15.2 Å². The largest absolute Gasteiger partial charge is 0.372 e. The summed E-state index contributed by atoms with van der Waals surface area (Å²) in [5.41, 5.74) is 5.48. The van der Waals surface area contributed by atoms with Gasteiger partial charge in [-0.3, -0.25) is 4.79 Å². The summed E-state index contributed by atoms with van der Waals surface area (Å²) in [6, 6.07) is 12.1. The van der Waals surface area contributed by atoms with E-state index in [0.717, 1.165) is 42.2 Å². The molecule has 0 unspecified atom stereocenters. The Morgan fingerprint density at radius 3 is 2.59 bits per heavy atom. The number of hydrogen-bond donors (Lipinski definition) is 2. The summed E-state index contributed by atoms with van der Waals surface area (Å²) in [6.07, 6.45) is 2.57. The zero-order valence-electron chi connectivity index (χ0n) is 15.6. The van der Waals surface area contributed by atoms with Crippen LogP contribution >= 0.6 is 0 Å². The number of rotatable bonds is 5. The molecule has 3 heterocycles. The molecule has 27 heavy (non-hydrogen) atoms. The fourth-order valence-electron chi connectivity index (χ4n) is 3.49. The van der Waals surface area contributed by atoms with Gasteiger partial charge in [0.1, 0.15) is 0 Å². The van der Waals surface area contributed by atoms with Gasteiger partial charge in [-0.1, -0.05) is 0 Å². The van der Waals surface area contributed by atoms with Crippen LogP contribution in [0.25, 0.3) is 22.8 Å². The molecule has 1 aromatic carbocycles. The Hall–Kier alpha value is -3.15. The fourth-order valence-corrected chi connectivity index (χ4v) is 3.49. The number of nitrogens with zero attached hydrogens (tertiary/aromatic N) is 3. The number of fused-ring (bicyclic) bond motifs is 1. The van der Waals surface area contributed by atoms with Crippen molar-refractivity contribution in [2.45, 2.75) is 20.3 Å². The van der Waals surface area contributed by atoms with Gasteiger partial charge in [0, 0.05) is 49.2 Å². The normalized spacial score (nSPS) is 13.2. The van der Waals surface area contributed by atoms with Gasteiger partial charge >= 0.3 is 0 Å². The molecule has 138 valence electrons. The van der Waals surface area contributed by atoms with Gasteiger partial charge in [0.25, 0.3) is 5.91 Å². The van der Waals surface area contributed by atoms with Crippen LogP contribution in [0.5, 0.6) is 0 Å². The van der Waals surface area contributed by atoms with Crippen molar-refractivity contribution < 1.29 is 4.79 Å². The van der Waals surface area contributed by atoms with Gasteiger partial charge in [-0.15, -0.1) is 0 Å². The molecule has 1 aliphatic heterocycles. The number of amides is 1. The number of carbonyl (C=O) groups excluding carboxylic acids is 1. The van der Waals surface area contributed by atoms with E-state index in [4.69, 9.17) is 4.98 Å². The van der Waals surface area contributed by atoms with Crippen LogP contribution in [0.4, 0.5) is 5.69 Å². The summed E-state index contributed by atoms with van der Waals surface area (Å²) in [4.78, 5) is 26.8. The second-order valence-electron chi connectivity index (χ2n) is 6.57. The monoisotopic (exact) mass is 361 g/mol. The fraction of sp³-hybridized carbons (Fsp3) is 0.286. The zero-order chi connectivity index (χ0) is 18.8. The average molecular weight is 361 g/mol. The Labute approximate surface area is 158 Å². The van der Waals surface area contributed by atoms with Crippen LogP contribution in [-0.4, -0.2) is 40.5 Å². The zero-order valence-corrected chi connectivity index (χ0v) is 15.6. The first-order valence-electron chi connectivity index (χ1n) is 9.38. The first-order valence-corrected chi connectivity index (χ1v) is 9.38. The minimum atomic E-state index is -0.0278. The lowest BCUT2D eigenvalue weighted by molar-refractivity contribution is 0.0946. The van der Waals surface area contributed by atoms with Gasteiger partial charge in [-0.05, 0) is 50.2 Å². The first kappa shape index (κ1) is 17.3. The minimum absolute atomic E-state index is 0.0278. The lowest BCUT2D eigenvalue weighted by Crippen LogP contribution is -2.31. The van der Waals surface area contributed by atoms with Crippen LogP contribution in [0.1, 0.15) is 29.9 Å². The van der Waals surface area contributed by atoms with E-state index in [9.17, 15) is 4.79 Å². The lowest BCUT2D eigenvalue weighted by atomic mass is 10.1. The third kappa shape index (κ3) is 3.30. The van der Waals surface area contributed by atoms with Gasteiger partial charge in [0.15, 0.2) is 5.82 Å². The van der Waals surface area contributed by atoms with E-state index in [1.807, 2.05) is 12.1 Å². The molecule has 0 spiro atoms. The Kier molecular flexibility index (Phi) is 4.62. The molecule has 6 nitrogen and oxygen atoms in total. The van der Waals surface area contributed by atoms with Gasteiger partial charge in [-0.25, -0.2) is 9.97 Å². The minimum Gasteiger partial charge on any atom is -0.372 e. The highest BCUT2D eigenvalue weighted by Crippen LogP contribution is 2.25. The second kappa shape index (κ2) is 7.23. The summed E-state index contributed by atoms with van der Waals surface area (Å²) < 4.78 is 0. The highest BCUT2D eigenvalue weighted by Gasteiger charge is 2.20. The summed E-state index contributed by atoms with van der Waals surface area (Å²) in [5.74, 6) is 0.649. The van der Waals surface area contributed by atoms with Crippen molar-refractivity contribution in [3.05, 3.63) is 53.9 Å². The lowest BCUT2D eigenvalue weighted by Gasteiger charge is -2.21. The van der Waals surface area contributed by atoms with Gasteiger partial charge in [0.2, 0.25) is 0 Å². The standard InChI is InChI=1S/C21H23N5O/c1-3-26(4-2)15-7-5-14(6-8-15)20-22-11-10-18(25-20)19-13-16-17(24-19)9-12-23-21(16)27/h5-8,10-11,13,24H,3-4,9,12H2,1-2H3,(H,23,27). The van der Waals surface area contributed by atoms with Crippen molar-refractivity contribution in [3.63, 3.8) is 0 Å². The van der Waals surface area contributed by atoms with E-state index in [1.165, 1.54) is 5.69 Å². The van der Waals surface area contributed by atoms with Gasteiger partial charge in [0.05, 0.1) is 17.0 Å². The summed E-state index contributed by atoms with van der Waals surface area (Å²) in [5, 5.41) is 2.87. The molecule has 1 aliphatic rings. The molecule has 0 radical (unpaired) electrons. The molecule has 0 atom stereocenters. The van der Waals surface area contributed by atoms with Gasteiger partial charge in [-0.2, -0.15) is 0 Å². The molecule has 2 aromatic heterocycles. The molecule has 2 N–H and O–H groups in total. The number of benzene rings is 1. The maximum Gasteiger partial charge on any atom is 0.253 e. The van der Waals surface area contributed by atoms with Crippen molar-refractivity contribution >= 4 is 11.6 Å². The predicted octanol–water partition coefficient (Wildman–Crippen LogP) is 3.27. The SMILES string of the molecule is CCN(CC)c1ccc(-c2nccc(-c3cc4c([nH]3)CCNC4=O)n2)cc1. The maximum atomic E-state index is 12.0. The van der Waals surface area contributed by atoms with Crippen molar-refractivity contribution in [1.82, 2.24) is 20.3 Å². The number of H-pyrrole nitrogens is 1. The van der Waals surface area contributed by atoms with Crippen LogP contribution < -0.4 is 10.2 Å². The van der Waals surface area contributed by atoms with E-state index < -0.39 is 0 Å². The van der Waals surface area contributed by atoms with Crippen molar-refractivity contribution in [2.75, 3.05) is 24.5 Å². The smallest absolute Gasteiger partial charge is 0.253 e. The van der Waals surface area contributed by atoms with E-state index in [1.54, 1.807) is 6.20 Å². The van der Waals surface area contributed by atoms with E-state index in [-0.39, 0.29) is 5.91 Å². The molecule has 1 amide bonds. The molecular weight excluding hydrogens is 338 g/mol. The number of nitrogens with one attached hydrogen (secondary N) is 2. The third-order valence-corrected chi connectivity index (χ3v) is 4.99. The quantitative estimate of drug-likeness (QED) is 0.731. The van der Waals surface area contributed by atoms with E-state index in [0.29, 0.717) is 17.9 Å². The number of carbonyl (C=O) groups is 1. The van der Waals surface area contributed by atoms with Crippen LogP contribution in [-0.2, 0) is 6.42 Å². The van der Waals surface area contributed by atoms with Crippen molar-refractivity contribution in [2.24, 2.45) is 0 Å². The van der Waals surface area contributed by atoms with Crippen LogP contribution in [0.15, 0.2) is 42.6 Å². The highest BCUT2D eigenvalue weighted by molar-refractivity contribution is 5.97. The molecule has 3 aromatic rings. The molecular formula is C21H23N5O. The van der Waals surface area contributed by atoms with Crippen molar-refractivity contribution in [3.8, 4) is 22.8 Å². The van der Waals surface area contributed by atoms with Crippen LogP contribution in [0.3, 0.4) is 0 Å². The van der Waals surface area contributed by atoms with Crippen molar-refractivity contribution in [1.29, 1.82) is 0 Å². The maximum absolute atomic E-state index is 12.0. The predicted molar refractivity (Wildman–Crippen MR) is 107 cm³/mol. The summed E-state index contributed by atoms with van der Waals surface area (Å²) >= 11 is 0. The first-order chi connectivity index (χ1) is 13.2. The van der Waals surface area contributed by atoms with E-state index in [2.05, 4.69) is 58.3 Å². The molecule has 0 bridgehead atoms.